The molecular weight excluding hydrogens is 747 g/mol. The molecular formula is C46H59N7O6. The lowest BCUT2D eigenvalue weighted by molar-refractivity contribution is -0.155. The van der Waals surface area contributed by atoms with E-state index in [1.165, 1.54) is 9.91 Å². The fraction of sp³-hybridized carbons (Fsp3) is 0.500. The molecule has 2 aromatic heterocycles. The first kappa shape index (κ1) is 41.9. The largest absolute Gasteiger partial charge is 0.508 e. The highest BCUT2D eigenvalue weighted by atomic mass is 16.5. The van der Waals surface area contributed by atoms with Crippen molar-refractivity contribution in [1.29, 1.82) is 0 Å². The van der Waals surface area contributed by atoms with Crippen LogP contribution in [0.3, 0.4) is 0 Å². The quantitative estimate of drug-likeness (QED) is 0.136. The van der Waals surface area contributed by atoms with Crippen LogP contribution >= 0.6 is 0 Å². The summed E-state index contributed by atoms with van der Waals surface area (Å²) in [6.07, 6.45) is 3.50. The van der Waals surface area contributed by atoms with Crippen molar-refractivity contribution in [2.24, 2.45) is 11.3 Å². The third kappa shape index (κ3) is 8.72. The predicted octanol–water partition coefficient (Wildman–Crippen LogP) is 5.32. The van der Waals surface area contributed by atoms with E-state index < -0.39 is 41.3 Å². The van der Waals surface area contributed by atoms with Crippen molar-refractivity contribution in [1.82, 2.24) is 35.5 Å². The van der Waals surface area contributed by atoms with Crippen LogP contribution in [-0.2, 0) is 43.3 Å². The average molecular weight is 806 g/mol. The molecule has 3 aliphatic heterocycles. The molecule has 3 aliphatic rings. The van der Waals surface area contributed by atoms with E-state index in [0.717, 1.165) is 44.5 Å². The van der Waals surface area contributed by atoms with Crippen LogP contribution in [0.5, 0.6) is 5.75 Å². The van der Waals surface area contributed by atoms with Crippen LogP contribution in [0.1, 0.15) is 84.0 Å². The molecule has 7 rings (SSSR count). The molecule has 2 fully saturated rings. The number of ether oxygens (including phenoxy) is 1. The number of phenols is 1. The minimum absolute atomic E-state index is 0.0239. The fourth-order valence-electron chi connectivity index (χ4n) is 8.89. The van der Waals surface area contributed by atoms with Gasteiger partial charge in [0.05, 0.1) is 24.0 Å². The van der Waals surface area contributed by atoms with Crippen molar-refractivity contribution in [3.8, 4) is 28.1 Å². The minimum Gasteiger partial charge on any atom is -0.508 e. The van der Waals surface area contributed by atoms with Gasteiger partial charge in [0, 0.05) is 61.2 Å². The lowest BCUT2D eigenvalue weighted by Gasteiger charge is -2.36. The maximum atomic E-state index is 14.5. The number of pyridine rings is 1. The van der Waals surface area contributed by atoms with Crippen molar-refractivity contribution < 1.29 is 29.0 Å². The zero-order chi connectivity index (χ0) is 42.3. The lowest BCUT2D eigenvalue weighted by atomic mass is 9.83. The second-order valence-corrected chi connectivity index (χ2v) is 17.9. The van der Waals surface area contributed by atoms with Crippen molar-refractivity contribution >= 4 is 34.6 Å². The van der Waals surface area contributed by atoms with E-state index >= 15 is 0 Å². The Morgan fingerprint density at radius 2 is 1.85 bits per heavy atom. The van der Waals surface area contributed by atoms with Crippen molar-refractivity contribution in [2.75, 3.05) is 26.7 Å². The van der Waals surface area contributed by atoms with Crippen LogP contribution < -0.4 is 16.1 Å². The summed E-state index contributed by atoms with van der Waals surface area (Å²) in [4.78, 5) is 61.9. The number of phenolic OH excluding ortho intramolecular Hbond substituents is 1. The van der Waals surface area contributed by atoms with Gasteiger partial charge in [0.15, 0.2) is 0 Å². The molecule has 13 nitrogen and oxygen atoms in total. The molecule has 2 aromatic carbocycles. The molecule has 13 heteroatoms. The predicted molar refractivity (Wildman–Crippen MR) is 227 cm³/mol. The lowest BCUT2D eigenvalue weighted by Crippen LogP contribution is -2.62. The molecule has 3 amide bonds. The molecule has 2 saturated heterocycles. The van der Waals surface area contributed by atoms with Gasteiger partial charge in [-0.15, -0.1) is 0 Å². The molecule has 4 aromatic rings. The number of cyclic esters (lactones) is 1. The third-order valence-electron chi connectivity index (χ3n) is 11.9. The molecule has 4 atom stereocenters. The summed E-state index contributed by atoms with van der Waals surface area (Å²) in [6.45, 7) is 16.1. The zero-order valence-electron chi connectivity index (χ0n) is 35.6. The Morgan fingerprint density at radius 3 is 2.54 bits per heavy atom. The number of fused-ring (bicyclic) bond motifs is 6. The first-order valence-corrected chi connectivity index (χ1v) is 21.0. The minimum atomic E-state index is -1.09. The zero-order valence-corrected chi connectivity index (χ0v) is 35.6. The number of hydrogen-bond donors (Lipinski definition) is 4. The fourth-order valence-corrected chi connectivity index (χ4v) is 8.89. The number of aromatic hydroxyl groups is 1. The smallest absolute Gasteiger partial charge is 0.324 e. The maximum absolute atomic E-state index is 14.5. The van der Waals surface area contributed by atoms with Gasteiger partial charge < -0.3 is 29.9 Å². The SMILES string of the molecule is CCn1c(-c2cccnc2C(C)C)c2c3cc(ccc31)-c1cc(O)cc(c1)C[C@H](NC(=O)[C@H](C(C)C)N(C)C(=O)[C@@H]1CN1)C(=O)N1CCC[C@H](N1)C(=O)OCC(C)(C)C2. The molecule has 0 radical (unpaired) electrons. The van der Waals surface area contributed by atoms with E-state index in [-0.39, 0.29) is 42.6 Å². The Hall–Kier alpha value is -5.27. The monoisotopic (exact) mass is 805 g/mol. The molecule has 6 bridgehead atoms. The summed E-state index contributed by atoms with van der Waals surface area (Å²) in [6, 6.07) is 12.7. The third-order valence-corrected chi connectivity index (χ3v) is 11.9. The molecule has 5 heterocycles. The summed E-state index contributed by atoms with van der Waals surface area (Å²) >= 11 is 0. The number of aromatic nitrogens is 2. The van der Waals surface area contributed by atoms with Crippen LogP contribution in [0.4, 0.5) is 0 Å². The Morgan fingerprint density at radius 1 is 1.08 bits per heavy atom. The molecule has 59 heavy (non-hydrogen) atoms. The van der Waals surface area contributed by atoms with Gasteiger partial charge in [0.25, 0.3) is 5.91 Å². The Kier molecular flexibility index (Phi) is 11.9. The number of hydrazine groups is 1. The number of rotatable bonds is 8. The first-order valence-electron chi connectivity index (χ1n) is 21.0. The molecule has 4 N–H and O–H groups in total. The van der Waals surface area contributed by atoms with Gasteiger partial charge in [-0.3, -0.25) is 29.2 Å². The van der Waals surface area contributed by atoms with Crippen molar-refractivity contribution in [3.05, 3.63) is 71.5 Å². The van der Waals surface area contributed by atoms with Crippen LogP contribution in [0, 0.1) is 11.3 Å². The molecule has 0 saturated carbocycles. The van der Waals surface area contributed by atoms with E-state index in [2.05, 4.69) is 79.5 Å². The highest BCUT2D eigenvalue weighted by Gasteiger charge is 2.40. The Labute approximate surface area is 346 Å². The summed E-state index contributed by atoms with van der Waals surface area (Å²) in [5.41, 5.74) is 10.2. The Bertz CT molecular complexity index is 2260. The van der Waals surface area contributed by atoms with Gasteiger partial charge in [-0.2, -0.15) is 0 Å². The standard InChI is InChI=1S/C46H59N7O6/c1-9-52-38-15-14-29-22-33(38)34(41(52)32-12-10-16-47-39(32)26(2)3)23-46(6,7)25-59-45(58)35-13-11-17-53(50-35)44(57)36(20-28-18-30(29)21-31(54)19-28)49-42(55)40(27(4)5)51(8)43(56)37-24-48-37/h10,12,14-16,18-19,21-22,26-27,35-37,40,48,50,54H,9,11,13,17,20,23-25H2,1-8H3,(H,49,55)/t35-,36-,37-,40-/m0/s1. The van der Waals surface area contributed by atoms with E-state index in [1.807, 2.05) is 32.2 Å². The number of carbonyl (C=O) groups excluding carboxylic acids is 4. The summed E-state index contributed by atoms with van der Waals surface area (Å²) in [5.74, 6) is -1.57. The normalized spacial score (nSPS) is 21.3. The second-order valence-electron chi connectivity index (χ2n) is 17.9. The van der Waals surface area contributed by atoms with Gasteiger partial charge in [-0.05, 0) is 96.7 Å². The Balaban J connectivity index is 1.36. The number of amides is 3. The first-order chi connectivity index (χ1) is 28.1. The number of aryl methyl sites for hydroxylation is 1. The van der Waals surface area contributed by atoms with Gasteiger partial charge >= 0.3 is 5.97 Å². The number of nitrogens with one attached hydrogen (secondary N) is 3. The van der Waals surface area contributed by atoms with Crippen LogP contribution in [-0.4, -0.2) is 99.2 Å². The molecule has 0 aliphatic carbocycles. The van der Waals surface area contributed by atoms with Crippen LogP contribution in [0.15, 0.2) is 54.7 Å². The number of esters is 1. The topological polar surface area (TPSA) is 168 Å². The number of carbonyl (C=O) groups is 4. The summed E-state index contributed by atoms with van der Waals surface area (Å²) < 4.78 is 8.42. The van der Waals surface area contributed by atoms with Gasteiger partial charge in [0.2, 0.25) is 11.8 Å². The van der Waals surface area contributed by atoms with E-state index in [4.69, 9.17) is 9.72 Å². The summed E-state index contributed by atoms with van der Waals surface area (Å²) in [5, 5.41) is 19.7. The van der Waals surface area contributed by atoms with Gasteiger partial charge in [-0.1, -0.05) is 53.7 Å². The van der Waals surface area contributed by atoms with Crippen LogP contribution in [0.2, 0.25) is 0 Å². The second kappa shape index (κ2) is 16.8. The number of benzene rings is 2. The van der Waals surface area contributed by atoms with Crippen molar-refractivity contribution in [2.45, 2.75) is 111 Å². The average Bonchev–Trinajstić information content (AvgIpc) is 4.01. The van der Waals surface area contributed by atoms with Crippen molar-refractivity contribution in [3.63, 3.8) is 0 Å². The molecule has 0 unspecified atom stereocenters. The van der Waals surface area contributed by atoms with E-state index in [9.17, 15) is 24.3 Å². The highest BCUT2D eigenvalue weighted by Crippen LogP contribution is 2.42. The maximum Gasteiger partial charge on any atom is 0.324 e. The van der Waals surface area contributed by atoms with Gasteiger partial charge in [0.1, 0.15) is 23.9 Å². The van der Waals surface area contributed by atoms with E-state index in [0.29, 0.717) is 44.5 Å². The van der Waals surface area contributed by atoms with Crippen LogP contribution in [0.25, 0.3) is 33.3 Å². The highest BCUT2D eigenvalue weighted by molar-refractivity contribution is 5.96. The van der Waals surface area contributed by atoms with E-state index in [1.54, 1.807) is 19.2 Å². The number of likely N-dealkylation sites (N-methyl/N-ethyl adjacent to an activating group) is 1. The van der Waals surface area contributed by atoms with Gasteiger partial charge in [-0.25, -0.2) is 5.43 Å². The molecule has 314 valence electrons. The summed E-state index contributed by atoms with van der Waals surface area (Å²) in [7, 11) is 1.61. The number of nitrogens with zero attached hydrogens (tertiary/aromatic N) is 4. The molecule has 0 spiro atoms. The number of hydrogen-bond acceptors (Lipinski definition) is 9.